The molecule has 2 fully saturated rings. The van der Waals surface area contributed by atoms with Crippen LogP contribution in [0.1, 0.15) is 26.2 Å². The highest BCUT2D eigenvalue weighted by Gasteiger charge is 2.22. The molecule has 104 valence electrons. The molecule has 2 atom stereocenters. The van der Waals surface area contributed by atoms with Crippen LogP contribution < -0.4 is 10.6 Å². The summed E-state index contributed by atoms with van der Waals surface area (Å²) in [6, 6.07) is 0.514. The topological polar surface area (TPSA) is 53.6 Å². The van der Waals surface area contributed by atoms with Gasteiger partial charge in [0.1, 0.15) is 0 Å². The summed E-state index contributed by atoms with van der Waals surface area (Å²) in [5, 5.41) is 6.47. The zero-order valence-corrected chi connectivity index (χ0v) is 11.3. The molecule has 1 amide bonds. The number of likely N-dealkylation sites (N-methyl/N-ethyl adjacent to an activating group) is 1. The Labute approximate surface area is 109 Å². The van der Waals surface area contributed by atoms with Crippen molar-refractivity contribution in [3.63, 3.8) is 0 Å². The smallest absolute Gasteiger partial charge is 0.221 e. The molecule has 0 aromatic rings. The van der Waals surface area contributed by atoms with Crippen molar-refractivity contribution in [2.75, 3.05) is 39.4 Å². The second kappa shape index (κ2) is 7.07. The summed E-state index contributed by atoms with van der Waals surface area (Å²) in [6.45, 7) is 7.67. The maximum Gasteiger partial charge on any atom is 0.221 e. The van der Waals surface area contributed by atoms with Gasteiger partial charge in [-0.05, 0) is 25.9 Å². The largest absolute Gasteiger partial charge is 0.378 e. The third-order valence-corrected chi connectivity index (χ3v) is 3.75. The molecule has 0 spiro atoms. The van der Waals surface area contributed by atoms with E-state index in [9.17, 15) is 4.79 Å². The third kappa shape index (κ3) is 4.23. The Morgan fingerprint density at radius 3 is 3.17 bits per heavy atom. The van der Waals surface area contributed by atoms with Crippen LogP contribution in [0.3, 0.4) is 0 Å². The molecule has 0 aliphatic carbocycles. The van der Waals surface area contributed by atoms with Gasteiger partial charge in [0.2, 0.25) is 5.91 Å². The lowest BCUT2D eigenvalue weighted by molar-refractivity contribution is -0.123. The Hall–Kier alpha value is -0.650. The molecule has 0 bridgehead atoms. The molecule has 18 heavy (non-hydrogen) atoms. The molecule has 2 N–H and O–H groups in total. The Balaban J connectivity index is 1.69. The number of hydrogen-bond acceptors (Lipinski definition) is 4. The van der Waals surface area contributed by atoms with Crippen LogP contribution in [0.2, 0.25) is 0 Å². The monoisotopic (exact) mass is 255 g/mol. The second-order valence-electron chi connectivity index (χ2n) is 5.23. The summed E-state index contributed by atoms with van der Waals surface area (Å²) in [6.07, 6.45) is 2.82. The van der Waals surface area contributed by atoms with Gasteiger partial charge < -0.3 is 20.3 Å². The number of morpholine rings is 1. The van der Waals surface area contributed by atoms with Gasteiger partial charge in [-0.1, -0.05) is 6.92 Å². The number of piperidine rings is 1. The molecule has 0 radical (unpaired) electrons. The number of ether oxygens (including phenoxy) is 1. The van der Waals surface area contributed by atoms with Crippen LogP contribution in [-0.4, -0.2) is 62.3 Å². The Bertz CT molecular complexity index is 267. The minimum atomic E-state index is 0.154. The molecule has 2 aliphatic heterocycles. The molecule has 5 heteroatoms. The summed E-state index contributed by atoms with van der Waals surface area (Å²) in [4.78, 5) is 14.3. The second-order valence-corrected chi connectivity index (χ2v) is 5.23. The van der Waals surface area contributed by atoms with Crippen molar-refractivity contribution in [1.29, 1.82) is 0 Å². The number of carbonyl (C=O) groups excluding carboxylic acids is 1. The van der Waals surface area contributed by atoms with Gasteiger partial charge in [0.05, 0.1) is 13.2 Å². The fraction of sp³-hybridized carbons (Fsp3) is 0.923. The molecular formula is C13H25N3O2. The van der Waals surface area contributed by atoms with Crippen LogP contribution >= 0.6 is 0 Å². The third-order valence-electron chi connectivity index (χ3n) is 3.75. The molecule has 5 nitrogen and oxygen atoms in total. The van der Waals surface area contributed by atoms with Crippen LogP contribution in [0.15, 0.2) is 0 Å². The summed E-state index contributed by atoms with van der Waals surface area (Å²) in [5.41, 5.74) is 0. The standard InChI is InChI=1S/C13H25N3O2/c1-2-16-6-3-4-11(9-16)15-13(17)8-12-10-18-7-5-14-12/h11-12,14H,2-10H2,1H3,(H,15,17). The number of nitrogens with zero attached hydrogens (tertiary/aromatic N) is 1. The normalized spacial score (nSPS) is 30.1. The summed E-state index contributed by atoms with van der Waals surface area (Å²) < 4.78 is 5.36. The average Bonchev–Trinajstić information content (AvgIpc) is 2.40. The maximum atomic E-state index is 11.9. The van der Waals surface area contributed by atoms with E-state index in [0.717, 1.165) is 32.7 Å². The van der Waals surface area contributed by atoms with E-state index in [1.54, 1.807) is 0 Å². The van der Waals surface area contributed by atoms with Crippen LogP contribution in [0, 0.1) is 0 Å². The minimum Gasteiger partial charge on any atom is -0.378 e. The fourth-order valence-electron chi connectivity index (χ4n) is 2.72. The van der Waals surface area contributed by atoms with Crippen molar-refractivity contribution in [1.82, 2.24) is 15.5 Å². The Morgan fingerprint density at radius 1 is 1.56 bits per heavy atom. The molecule has 0 saturated carbocycles. The zero-order valence-electron chi connectivity index (χ0n) is 11.3. The first-order valence-corrected chi connectivity index (χ1v) is 7.10. The molecule has 0 aromatic heterocycles. The first-order valence-electron chi connectivity index (χ1n) is 7.10. The van der Waals surface area contributed by atoms with E-state index in [-0.39, 0.29) is 11.9 Å². The summed E-state index contributed by atoms with van der Waals surface area (Å²) >= 11 is 0. The highest BCUT2D eigenvalue weighted by Crippen LogP contribution is 2.10. The number of rotatable bonds is 4. The van der Waals surface area contributed by atoms with Crippen molar-refractivity contribution < 1.29 is 9.53 Å². The molecule has 2 saturated heterocycles. The first kappa shape index (κ1) is 13.8. The predicted octanol–water partition coefficient (Wildman–Crippen LogP) is -0.0346. The van der Waals surface area contributed by atoms with Gasteiger partial charge in [0.25, 0.3) is 0 Å². The zero-order chi connectivity index (χ0) is 12.8. The van der Waals surface area contributed by atoms with Crippen LogP contribution in [0.4, 0.5) is 0 Å². The van der Waals surface area contributed by atoms with E-state index in [0.29, 0.717) is 19.1 Å². The van der Waals surface area contributed by atoms with E-state index in [4.69, 9.17) is 4.74 Å². The van der Waals surface area contributed by atoms with Gasteiger partial charge in [-0.15, -0.1) is 0 Å². The van der Waals surface area contributed by atoms with E-state index < -0.39 is 0 Å². The Morgan fingerprint density at radius 2 is 2.44 bits per heavy atom. The molecular weight excluding hydrogens is 230 g/mol. The van der Waals surface area contributed by atoms with Crippen molar-refractivity contribution in [2.24, 2.45) is 0 Å². The number of nitrogens with one attached hydrogen (secondary N) is 2. The fourth-order valence-corrected chi connectivity index (χ4v) is 2.72. The number of likely N-dealkylation sites (tertiary alicyclic amines) is 1. The molecule has 2 aliphatic rings. The lowest BCUT2D eigenvalue weighted by atomic mass is 10.1. The van der Waals surface area contributed by atoms with Crippen LogP contribution in [-0.2, 0) is 9.53 Å². The van der Waals surface area contributed by atoms with Crippen LogP contribution in [0.25, 0.3) is 0 Å². The van der Waals surface area contributed by atoms with Gasteiger partial charge >= 0.3 is 0 Å². The number of amides is 1. The van der Waals surface area contributed by atoms with E-state index in [1.807, 2.05) is 0 Å². The van der Waals surface area contributed by atoms with Gasteiger partial charge in [-0.25, -0.2) is 0 Å². The quantitative estimate of drug-likeness (QED) is 0.740. The van der Waals surface area contributed by atoms with Crippen molar-refractivity contribution in [3.05, 3.63) is 0 Å². The highest BCUT2D eigenvalue weighted by molar-refractivity contribution is 5.77. The SMILES string of the molecule is CCN1CCCC(NC(=O)CC2COCCN2)C1. The Kier molecular flexibility index (Phi) is 5.41. The van der Waals surface area contributed by atoms with Gasteiger partial charge in [0, 0.05) is 31.6 Å². The minimum absolute atomic E-state index is 0.154. The van der Waals surface area contributed by atoms with Gasteiger partial charge in [-0.3, -0.25) is 4.79 Å². The summed E-state index contributed by atoms with van der Waals surface area (Å²) in [7, 11) is 0. The number of carbonyl (C=O) groups is 1. The van der Waals surface area contributed by atoms with E-state index in [1.165, 1.54) is 13.0 Å². The molecule has 2 heterocycles. The first-order chi connectivity index (χ1) is 8.78. The molecule has 0 aromatic carbocycles. The lowest BCUT2D eigenvalue weighted by Gasteiger charge is -2.32. The lowest BCUT2D eigenvalue weighted by Crippen LogP contribution is -2.50. The predicted molar refractivity (Wildman–Crippen MR) is 70.5 cm³/mol. The summed E-state index contributed by atoms with van der Waals surface area (Å²) in [5.74, 6) is 0.154. The maximum absolute atomic E-state index is 11.9. The molecule has 2 unspecified atom stereocenters. The molecule has 2 rings (SSSR count). The van der Waals surface area contributed by atoms with Crippen molar-refractivity contribution in [3.8, 4) is 0 Å². The highest BCUT2D eigenvalue weighted by atomic mass is 16.5. The van der Waals surface area contributed by atoms with Gasteiger partial charge in [0.15, 0.2) is 0 Å². The van der Waals surface area contributed by atoms with E-state index >= 15 is 0 Å². The van der Waals surface area contributed by atoms with Crippen molar-refractivity contribution >= 4 is 5.91 Å². The van der Waals surface area contributed by atoms with E-state index in [2.05, 4.69) is 22.5 Å². The van der Waals surface area contributed by atoms with Crippen LogP contribution in [0.5, 0.6) is 0 Å². The van der Waals surface area contributed by atoms with Crippen molar-refractivity contribution in [2.45, 2.75) is 38.3 Å². The average molecular weight is 255 g/mol. The van der Waals surface area contributed by atoms with Gasteiger partial charge in [-0.2, -0.15) is 0 Å². The number of hydrogen-bond donors (Lipinski definition) is 2.